The molecule has 1 aliphatic rings. The zero-order chi connectivity index (χ0) is 17.4. The third kappa shape index (κ3) is 2.90. The van der Waals surface area contributed by atoms with Crippen LogP contribution in [0.2, 0.25) is 0 Å². The number of thiazole rings is 1. The van der Waals surface area contributed by atoms with Crippen molar-refractivity contribution in [1.29, 1.82) is 0 Å². The highest BCUT2D eigenvalue weighted by atomic mass is 32.1. The first-order valence-electron chi connectivity index (χ1n) is 7.29. The van der Waals surface area contributed by atoms with E-state index in [2.05, 4.69) is 9.98 Å². The van der Waals surface area contributed by atoms with Crippen molar-refractivity contribution in [3.8, 4) is 5.88 Å². The molecule has 1 aromatic carbocycles. The minimum Gasteiger partial charge on any atom is -0.493 e. The molecule has 1 atom stereocenters. The Morgan fingerprint density at radius 1 is 1.29 bits per heavy atom. The summed E-state index contributed by atoms with van der Waals surface area (Å²) in [5, 5.41) is 21.4. The summed E-state index contributed by atoms with van der Waals surface area (Å²) < 4.78 is 1.58. The number of aromatic nitrogens is 1. The summed E-state index contributed by atoms with van der Waals surface area (Å²) in [6.07, 6.45) is 1.62. The summed E-state index contributed by atoms with van der Waals surface area (Å²) in [5.74, 6) is -0.970. The molecule has 0 spiro atoms. The maximum Gasteiger partial charge on any atom is 0.327 e. The van der Waals surface area contributed by atoms with Crippen LogP contribution in [0.5, 0.6) is 5.88 Å². The van der Waals surface area contributed by atoms with Gasteiger partial charge in [-0.2, -0.15) is 0 Å². The van der Waals surface area contributed by atoms with Gasteiger partial charge in [-0.3, -0.25) is 4.57 Å². The Morgan fingerprint density at radius 3 is 2.38 bits per heavy atom. The Kier molecular flexibility index (Phi) is 4.33. The number of benzene rings is 1. The van der Waals surface area contributed by atoms with Gasteiger partial charge in [-0.05, 0) is 30.3 Å². The molecule has 0 radical (unpaired) electrons. The first-order chi connectivity index (χ1) is 11.4. The molecular weight excluding hydrogens is 346 g/mol. The fraction of sp³-hybridized carbons (Fsp3) is 0.250. The number of rotatable bonds is 4. The molecule has 3 rings (SSSR count). The smallest absolute Gasteiger partial charge is 0.327 e. The number of aliphatic carboxylic acids is 1. The van der Waals surface area contributed by atoms with Crippen molar-refractivity contribution in [2.45, 2.75) is 19.9 Å². The Bertz CT molecular complexity index is 981. The third-order valence-corrected chi connectivity index (χ3v) is 4.96. The molecule has 0 fully saturated rings. The summed E-state index contributed by atoms with van der Waals surface area (Å²) in [6, 6.07) is 6.53. The summed E-state index contributed by atoms with van der Waals surface area (Å²) in [6.45, 7) is 3.54. The minimum absolute atomic E-state index is 0.167. The number of para-hydroxylation sites is 2. The average molecular weight is 361 g/mol. The van der Waals surface area contributed by atoms with Crippen molar-refractivity contribution in [2.24, 2.45) is 15.9 Å². The lowest BCUT2D eigenvalue weighted by molar-refractivity contribution is -0.142. The molecule has 0 unspecified atom stereocenters. The second-order valence-corrected chi connectivity index (χ2v) is 7.34. The zero-order valence-electron chi connectivity index (χ0n) is 13.0. The van der Waals surface area contributed by atoms with Gasteiger partial charge in [0.25, 0.3) is 0 Å². The molecule has 0 aliphatic carbocycles. The fourth-order valence-corrected chi connectivity index (χ4v) is 3.84. The van der Waals surface area contributed by atoms with Crippen LogP contribution in [0.3, 0.4) is 0 Å². The van der Waals surface area contributed by atoms with E-state index in [4.69, 9.17) is 12.2 Å². The Balaban J connectivity index is 2.08. The highest BCUT2D eigenvalue weighted by Gasteiger charge is 2.28. The van der Waals surface area contributed by atoms with Gasteiger partial charge in [0.1, 0.15) is 6.04 Å². The van der Waals surface area contributed by atoms with E-state index in [0.29, 0.717) is 14.7 Å². The molecule has 2 heterocycles. The molecule has 0 amide bonds. The third-order valence-electron chi connectivity index (χ3n) is 3.62. The van der Waals surface area contributed by atoms with Gasteiger partial charge in [0.15, 0.2) is 9.78 Å². The van der Waals surface area contributed by atoms with Crippen LogP contribution in [0.25, 0.3) is 6.08 Å². The van der Waals surface area contributed by atoms with Crippen LogP contribution in [-0.2, 0) is 4.79 Å². The average Bonchev–Trinajstić information content (AvgIpc) is 3.02. The van der Waals surface area contributed by atoms with Crippen molar-refractivity contribution < 1.29 is 15.0 Å². The molecule has 0 saturated carbocycles. The van der Waals surface area contributed by atoms with Crippen LogP contribution in [0, 0.1) is 9.87 Å². The van der Waals surface area contributed by atoms with E-state index in [1.54, 1.807) is 19.9 Å². The van der Waals surface area contributed by atoms with Crippen molar-refractivity contribution in [3.05, 3.63) is 49.6 Å². The predicted molar refractivity (Wildman–Crippen MR) is 93.0 cm³/mol. The maximum absolute atomic E-state index is 11.5. The summed E-state index contributed by atoms with van der Waals surface area (Å²) in [5.41, 5.74) is 0. The molecule has 2 N–H and O–H groups in total. The number of aromatic hydroxyl groups is 1. The van der Waals surface area contributed by atoms with Gasteiger partial charge in [0.2, 0.25) is 5.88 Å². The van der Waals surface area contributed by atoms with Gasteiger partial charge < -0.3 is 10.2 Å². The van der Waals surface area contributed by atoms with E-state index < -0.39 is 12.0 Å². The minimum atomic E-state index is -1.03. The zero-order valence-corrected chi connectivity index (χ0v) is 14.6. The van der Waals surface area contributed by atoms with Crippen molar-refractivity contribution in [3.63, 3.8) is 0 Å². The molecule has 6 nitrogen and oxygen atoms in total. The molecule has 124 valence electrons. The lowest BCUT2D eigenvalue weighted by Crippen LogP contribution is -2.23. The van der Waals surface area contributed by atoms with E-state index in [9.17, 15) is 15.0 Å². The van der Waals surface area contributed by atoms with E-state index in [-0.39, 0.29) is 11.8 Å². The number of carbonyl (C=O) groups is 1. The lowest BCUT2D eigenvalue weighted by Gasteiger charge is -2.18. The first-order valence-corrected chi connectivity index (χ1v) is 8.52. The SMILES string of the molecule is CC(C)[C@@H](C(=O)O)n1c(O)c(C=C2N=c3ccccc3=N2)sc1=S. The van der Waals surface area contributed by atoms with Crippen molar-refractivity contribution in [1.82, 2.24) is 4.57 Å². The topological polar surface area (TPSA) is 87.2 Å². The molecular formula is C16H15N3O3S2. The molecule has 8 heteroatoms. The summed E-state index contributed by atoms with van der Waals surface area (Å²) in [7, 11) is 0. The van der Waals surface area contributed by atoms with Gasteiger partial charge in [-0.1, -0.05) is 26.0 Å². The second-order valence-electron chi connectivity index (χ2n) is 5.67. The van der Waals surface area contributed by atoms with Gasteiger partial charge >= 0.3 is 5.97 Å². The number of carboxylic acids is 1. The molecule has 2 aromatic rings. The first kappa shape index (κ1) is 16.5. The molecule has 24 heavy (non-hydrogen) atoms. The quantitative estimate of drug-likeness (QED) is 0.819. The Hall–Kier alpha value is -2.32. The van der Waals surface area contributed by atoms with Gasteiger partial charge in [0, 0.05) is 6.08 Å². The predicted octanol–water partition coefficient (Wildman–Crippen LogP) is 2.52. The van der Waals surface area contributed by atoms with Crippen LogP contribution in [-0.4, -0.2) is 20.7 Å². The summed E-state index contributed by atoms with van der Waals surface area (Å²) in [4.78, 5) is 20.7. The second kappa shape index (κ2) is 6.29. The number of nitrogens with zero attached hydrogens (tertiary/aromatic N) is 3. The van der Waals surface area contributed by atoms with Crippen LogP contribution >= 0.6 is 23.6 Å². The van der Waals surface area contributed by atoms with Crippen LogP contribution in [0.4, 0.5) is 0 Å². The van der Waals surface area contributed by atoms with E-state index in [1.165, 1.54) is 4.57 Å². The molecule has 1 aliphatic heterocycles. The van der Waals surface area contributed by atoms with Crippen molar-refractivity contribution in [2.75, 3.05) is 0 Å². The number of hydrogen-bond donors (Lipinski definition) is 2. The highest BCUT2D eigenvalue weighted by Crippen LogP contribution is 2.34. The highest BCUT2D eigenvalue weighted by molar-refractivity contribution is 7.73. The Morgan fingerprint density at radius 2 is 1.88 bits per heavy atom. The normalized spacial score (nSPS) is 14.0. The molecule has 0 bridgehead atoms. The number of carboxylic acid groups (broad SMARTS) is 1. The van der Waals surface area contributed by atoms with Crippen molar-refractivity contribution >= 4 is 35.6 Å². The number of fused-ring (bicyclic) bond motifs is 1. The largest absolute Gasteiger partial charge is 0.493 e. The number of hydrogen-bond acceptors (Lipinski definition) is 6. The van der Waals surface area contributed by atoms with E-state index >= 15 is 0 Å². The molecule has 1 aromatic heterocycles. The van der Waals surface area contributed by atoms with E-state index in [0.717, 1.165) is 22.1 Å². The fourth-order valence-electron chi connectivity index (χ4n) is 2.53. The lowest BCUT2D eigenvalue weighted by atomic mass is 10.0. The maximum atomic E-state index is 11.5. The van der Waals surface area contributed by atoms with Gasteiger partial charge in [0.05, 0.1) is 15.6 Å². The standard InChI is InChI=1S/C16H15N3O3S2/c1-8(2)13(15(21)22)19-14(20)11(24-16(19)23)7-12-17-9-5-3-4-6-10(9)18-12/h3-8,13,20H,1-2H3,(H,21,22)/t13-/m0/s1. The molecule has 0 saturated heterocycles. The van der Waals surface area contributed by atoms with Gasteiger partial charge in [-0.15, -0.1) is 11.3 Å². The Labute approximate surface area is 146 Å². The van der Waals surface area contributed by atoms with Crippen LogP contribution < -0.4 is 10.7 Å². The van der Waals surface area contributed by atoms with Crippen LogP contribution in [0.15, 0.2) is 40.1 Å². The monoisotopic (exact) mass is 361 g/mol. The van der Waals surface area contributed by atoms with Gasteiger partial charge in [-0.25, -0.2) is 14.8 Å². The van der Waals surface area contributed by atoms with E-state index in [1.807, 2.05) is 24.3 Å². The van der Waals surface area contributed by atoms with Crippen LogP contribution in [0.1, 0.15) is 24.8 Å². The summed E-state index contributed by atoms with van der Waals surface area (Å²) >= 11 is 6.39.